The molecule has 1 heterocycles. The highest BCUT2D eigenvalue weighted by molar-refractivity contribution is 5.83. The first-order valence-electron chi connectivity index (χ1n) is 5.55. The number of carbonyl (C=O) groups excluding carboxylic acids is 1. The summed E-state index contributed by atoms with van der Waals surface area (Å²) in [5.41, 5.74) is -0.185. The lowest BCUT2D eigenvalue weighted by Gasteiger charge is -2.40. The van der Waals surface area contributed by atoms with Gasteiger partial charge >= 0.3 is 0 Å². The molecule has 0 bridgehead atoms. The minimum Gasteiger partial charge on any atom is -0.394 e. The fourth-order valence-corrected chi connectivity index (χ4v) is 2.20. The van der Waals surface area contributed by atoms with Crippen molar-refractivity contribution < 1.29 is 9.90 Å². The standard InChI is InChI=1S/C11H22N2O2/c1-8-5-6-12-9(7-14)10(15)13(8)11(2,3)4/h8-9,12,14H,5-7H2,1-4H3. The van der Waals surface area contributed by atoms with Crippen molar-refractivity contribution in [1.29, 1.82) is 0 Å². The molecule has 2 N–H and O–H groups in total. The van der Waals surface area contributed by atoms with Crippen molar-refractivity contribution in [2.45, 2.75) is 51.7 Å². The smallest absolute Gasteiger partial charge is 0.242 e. The highest BCUT2D eigenvalue weighted by Crippen LogP contribution is 2.21. The van der Waals surface area contributed by atoms with Crippen molar-refractivity contribution >= 4 is 5.91 Å². The maximum absolute atomic E-state index is 12.1. The molecule has 2 unspecified atom stereocenters. The summed E-state index contributed by atoms with van der Waals surface area (Å²) in [6.07, 6.45) is 0.930. The number of rotatable bonds is 1. The van der Waals surface area contributed by atoms with Gasteiger partial charge in [0.1, 0.15) is 6.04 Å². The summed E-state index contributed by atoms with van der Waals surface area (Å²) in [6.45, 7) is 8.80. The van der Waals surface area contributed by atoms with E-state index in [-0.39, 0.29) is 24.1 Å². The minimum atomic E-state index is -0.436. The van der Waals surface area contributed by atoms with Crippen molar-refractivity contribution in [2.24, 2.45) is 0 Å². The minimum absolute atomic E-state index is 0.00926. The Labute approximate surface area is 91.6 Å². The van der Waals surface area contributed by atoms with Crippen LogP contribution in [0.15, 0.2) is 0 Å². The zero-order valence-corrected chi connectivity index (χ0v) is 10.1. The number of carbonyl (C=O) groups is 1. The molecule has 15 heavy (non-hydrogen) atoms. The maximum Gasteiger partial charge on any atom is 0.242 e. The molecule has 4 nitrogen and oxygen atoms in total. The zero-order valence-electron chi connectivity index (χ0n) is 10.1. The molecule has 1 rings (SSSR count). The second kappa shape index (κ2) is 4.49. The van der Waals surface area contributed by atoms with E-state index in [0.717, 1.165) is 13.0 Å². The van der Waals surface area contributed by atoms with Crippen LogP contribution in [-0.4, -0.2) is 46.7 Å². The van der Waals surface area contributed by atoms with Crippen LogP contribution >= 0.6 is 0 Å². The van der Waals surface area contributed by atoms with Gasteiger partial charge in [0.25, 0.3) is 0 Å². The number of amides is 1. The quantitative estimate of drug-likeness (QED) is 0.662. The van der Waals surface area contributed by atoms with Crippen LogP contribution in [0.3, 0.4) is 0 Å². The van der Waals surface area contributed by atoms with Crippen molar-refractivity contribution in [1.82, 2.24) is 10.2 Å². The summed E-state index contributed by atoms with van der Waals surface area (Å²) in [5, 5.41) is 12.2. The van der Waals surface area contributed by atoms with Crippen molar-refractivity contribution in [3.63, 3.8) is 0 Å². The van der Waals surface area contributed by atoms with Crippen LogP contribution in [0.1, 0.15) is 34.1 Å². The molecule has 0 aliphatic carbocycles. The highest BCUT2D eigenvalue weighted by Gasteiger charge is 2.36. The third kappa shape index (κ3) is 2.69. The van der Waals surface area contributed by atoms with Crippen LogP contribution in [-0.2, 0) is 4.79 Å². The number of hydrogen-bond donors (Lipinski definition) is 2. The topological polar surface area (TPSA) is 52.6 Å². The van der Waals surface area contributed by atoms with Gasteiger partial charge < -0.3 is 15.3 Å². The Hall–Kier alpha value is -0.610. The lowest BCUT2D eigenvalue weighted by atomic mass is 10.0. The Balaban J connectivity index is 2.92. The van der Waals surface area contributed by atoms with Gasteiger partial charge in [-0.25, -0.2) is 0 Å². The van der Waals surface area contributed by atoms with Crippen LogP contribution < -0.4 is 5.32 Å². The molecule has 2 atom stereocenters. The van der Waals surface area contributed by atoms with Crippen LogP contribution in [0.2, 0.25) is 0 Å². The average Bonchev–Trinajstić information content (AvgIpc) is 2.22. The highest BCUT2D eigenvalue weighted by atomic mass is 16.3. The Morgan fingerprint density at radius 1 is 1.53 bits per heavy atom. The van der Waals surface area contributed by atoms with Gasteiger partial charge in [0.15, 0.2) is 0 Å². The van der Waals surface area contributed by atoms with Crippen LogP contribution in [0.25, 0.3) is 0 Å². The molecule has 1 aliphatic rings. The van der Waals surface area contributed by atoms with Gasteiger partial charge in [0.05, 0.1) is 6.61 Å². The molecule has 88 valence electrons. The van der Waals surface area contributed by atoms with E-state index >= 15 is 0 Å². The van der Waals surface area contributed by atoms with E-state index < -0.39 is 6.04 Å². The predicted molar refractivity (Wildman–Crippen MR) is 59.6 cm³/mol. The summed E-state index contributed by atoms with van der Waals surface area (Å²) in [7, 11) is 0. The van der Waals surface area contributed by atoms with E-state index in [9.17, 15) is 4.79 Å². The van der Waals surface area contributed by atoms with Gasteiger partial charge in [-0.3, -0.25) is 4.79 Å². The molecule has 0 saturated carbocycles. The summed E-state index contributed by atoms with van der Waals surface area (Å²) < 4.78 is 0. The van der Waals surface area contributed by atoms with Gasteiger partial charge in [-0.2, -0.15) is 0 Å². The Bertz CT molecular complexity index is 235. The number of nitrogens with one attached hydrogen (secondary N) is 1. The molecular formula is C11H22N2O2. The molecular weight excluding hydrogens is 192 g/mol. The SMILES string of the molecule is CC1CCNC(CO)C(=O)N1C(C)(C)C. The molecule has 1 aliphatic heterocycles. The van der Waals surface area contributed by atoms with E-state index in [1.165, 1.54) is 0 Å². The second-order valence-electron chi connectivity index (χ2n) is 5.21. The summed E-state index contributed by atoms with van der Waals surface area (Å²) >= 11 is 0. The van der Waals surface area contributed by atoms with Gasteiger partial charge in [0, 0.05) is 11.6 Å². The van der Waals surface area contributed by atoms with E-state index in [2.05, 4.69) is 12.2 Å². The first-order valence-corrected chi connectivity index (χ1v) is 5.55. The van der Waals surface area contributed by atoms with Crippen molar-refractivity contribution in [2.75, 3.05) is 13.2 Å². The van der Waals surface area contributed by atoms with Gasteiger partial charge in [-0.1, -0.05) is 0 Å². The summed E-state index contributed by atoms with van der Waals surface area (Å²) in [6, 6.07) is -0.212. The molecule has 0 aromatic rings. The lowest BCUT2D eigenvalue weighted by Crippen LogP contribution is -2.55. The maximum atomic E-state index is 12.1. The Morgan fingerprint density at radius 2 is 2.13 bits per heavy atom. The van der Waals surface area contributed by atoms with E-state index in [1.54, 1.807) is 0 Å². The monoisotopic (exact) mass is 214 g/mol. The normalized spacial score (nSPS) is 29.1. The molecule has 0 spiro atoms. The molecule has 0 radical (unpaired) electrons. The molecule has 1 amide bonds. The van der Waals surface area contributed by atoms with Crippen LogP contribution in [0.5, 0.6) is 0 Å². The van der Waals surface area contributed by atoms with Crippen LogP contribution in [0.4, 0.5) is 0 Å². The molecule has 4 heteroatoms. The number of hydrogen-bond acceptors (Lipinski definition) is 3. The zero-order chi connectivity index (χ0) is 11.6. The fourth-order valence-electron chi connectivity index (χ4n) is 2.20. The number of aliphatic hydroxyl groups is 1. The van der Waals surface area contributed by atoms with Gasteiger partial charge in [0.2, 0.25) is 5.91 Å². The van der Waals surface area contributed by atoms with Crippen molar-refractivity contribution in [3.05, 3.63) is 0 Å². The summed E-state index contributed by atoms with van der Waals surface area (Å²) in [5.74, 6) is 0.00926. The fraction of sp³-hybridized carbons (Fsp3) is 0.909. The van der Waals surface area contributed by atoms with Gasteiger partial charge in [-0.15, -0.1) is 0 Å². The Morgan fingerprint density at radius 3 is 2.60 bits per heavy atom. The largest absolute Gasteiger partial charge is 0.394 e. The number of aliphatic hydroxyl groups excluding tert-OH is 1. The molecule has 0 aromatic heterocycles. The summed E-state index contributed by atoms with van der Waals surface area (Å²) in [4.78, 5) is 14.0. The van der Waals surface area contributed by atoms with Crippen molar-refractivity contribution in [3.8, 4) is 0 Å². The third-order valence-electron chi connectivity index (χ3n) is 2.83. The first kappa shape index (κ1) is 12.5. The van der Waals surface area contributed by atoms with E-state index in [4.69, 9.17) is 5.11 Å². The van der Waals surface area contributed by atoms with Gasteiger partial charge in [-0.05, 0) is 40.7 Å². The average molecular weight is 214 g/mol. The second-order valence-corrected chi connectivity index (χ2v) is 5.21. The molecule has 1 fully saturated rings. The molecule has 1 saturated heterocycles. The van der Waals surface area contributed by atoms with Crippen LogP contribution in [0, 0.1) is 0 Å². The Kier molecular flexibility index (Phi) is 3.73. The first-order chi connectivity index (χ1) is 6.88. The molecule has 0 aromatic carbocycles. The van der Waals surface area contributed by atoms with E-state index in [1.807, 2.05) is 25.7 Å². The third-order valence-corrected chi connectivity index (χ3v) is 2.83. The number of nitrogens with zero attached hydrogens (tertiary/aromatic N) is 1. The van der Waals surface area contributed by atoms with E-state index in [0.29, 0.717) is 0 Å². The predicted octanol–water partition coefficient (Wildman–Crippen LogP) is 0.356. The lowest BCUT2D eigenvalue weighted by molar-refractivity contribution is -0.140.